The Morgan fingerprint density at radius 1 is 0.964 bits per heavy atom. The molecule has 144 valence electrons. The van der Waals surface area contributed by atoms with Gasteiger partial charge in [-0.15, -0.1) is 0 Å². The first-order valence-corrected chi connectivity index (χ1v) is 9.10. The van der Waals surface area contributed by atoms with Crippen molar-refractivity contribution >= 4 is 23.4 Å². The van der Waals surface area contributed by atoms with Crippen LogP contribution in [0.25, 0.3) is 0 Å². The minimum atomic E-state index is 0.0350. The van der Waals surface area contributed by atoms with Crippen LogP contribution in [0.3, 0.4) is 0 Å². The van der Waals surface area contributed by atoms with Crippen LogP contribution in [0.4, 0.5) is 17.5 Å². The maximum absolute atomic E-state index is 12.0. The molecule has 0 aliphatic carbocycles. The highest BCUT2D eigenvalue weighted by molar-refractivity contribution is 5.78. The van der Waals surface area contributed by atoms with E-state index in [1.807, 2.05) is 54.6 Å². The number of nitrogens with one attached hydrogen (secondary N) is 2. The Kier molecular flexibility index (Phi) is 6.41. The zero-order chi connectivity index (χ0) is 19.8. The Labute approximate surface area is 164 Å². The number of nitrogens with two attached hydrogens (primary N) is 2. The number of carbonyl (C=O) groups excluding carboxylic acids is 1. The maximum Gasteiger partial charge on any atom is 0.224 e. The minimum absolute atomic E-state index is 0.0350. The lowest BCUT2D eigenvalue weighted by molar-refractivity contribution is -0.120. The number of hydrogen-bond acceptors (Lipinski definition) is 6. The summed E-state index contributed by atoms with van der Waals surface area (Å²) < 4.78 is 0. The normalized spacial score (nSPS) is 10.4. The molecule has 7 heteroatoms. The Balaban J connectivity index is 1.42. The van der Waals surface area contributed by atoms with Gasteiger partial charge in [0.1, 0.15) is 5.82 Å². The average molecular weight is 376 g/mol. The fraction of sp³-hybridized carbons (Fsp3) is 0.190. The first-order valence-electron chi connectivity index (χ1n) is 9.10. The smallest absolute Gasteiger partial charge is 0.224 e. The van der Waals surface area contributed by atoms with E-state index in [2.05, 4.69) is 20.6 Å². The third kappa shape index (κ3) is 5.70. The number of benzene rings is 2. The van der Waals surface area contributed by atoms with Gasteiger partial charge >= 0.3 is 0 Å². The minimum Gasteiger partial charge on any atom is -0.383 e. The van der Waals surface area contributed by atoms with Gasteiger partial charge in [-0.25, -0.2) is 4.98 Å². The number of nitrogens with zero attached hydrogens (tertiary/aromatic N) is 2. The van der Waals surface area contributed by atoms with E-state index in [-0.39, 0.29) is 11.9 Å². The first-order chi connectivity index (χ1) is 13.6. The van der Waals surface area contributed by atoms with Crippen LogP contribution in [0, 0.1) is 0 Å². The number of anilines is 3. The van der Waals surface area contributed by atoms with Crippen molar-refractivity contribution in [3.8, 4) is 0 Å². The van der Waals surface area contributed by atoms with E-state index in [9.17, 15) is 4.79 Å². The average Bonchev–Trinajstić information content (AvgIpc) is 2.69. The predicted molar refractivity (Wildman–Crippen MR) is 111 cm³/mol. The van der Waals surface area contributed by atoms with Crippen LogP contribution in [0.2, 0.25) is 0 Å². The van der Waals surface area contributed by atoms with Crippen molar-refractivity contribution < 1.29 is 4.79 Å². The van der Waals surface area contributed by atoms with Crippen molar-refractivity contribution in [2.45, 2.75) is 19.4 Å². The van der Waals surface area contributed by atoms with Gasteiger partial charge in [-0.05, 0) is 29.7 Å². The molecule has 0 aliphatic heterocycles. The van der Waals surface area contributed by atoms with Gasteiger partial charge < -0.3 is 22.1 Å². The summed E-state index contributed by atoms with van der Waals surface area (Å²) >= 11 is 0. The maximum atomic E-state index is 12.0. The van der Waals surface area contributed by atoms with Crippen molar-refractivity contribution in [1.82, 2.24) is 15.3 Å². The second-order valence-corrected chi connectivity index (χ2v) is 6.45. The van der Waals surface area contributed by atoms with Crippen LogP contribution in [-0.2, 0) is 24.2 Å². The second kappa shape index (κ2) is 9.36. The van der Waals surface area contributed by atoms with Crippen LogP contribution in [0.5, 0.6) is 0 Å². The van der Waals surface area contributed by atoms with E-state index in [1.54, 1.807) is 6.20 Å². The Hall–Kier alpha value is -3.61. The van der Waals surface area contributed by atoms with Crippen molar-refractivity contribution in [2.75, 3.05) is 23.3 Å². The van der Waals surface area contributed by atoms with E-state index in [0.29, 0.717) is 25.3 Å². The molecule has 1 heterocycles. The molecule has 3 aromatic rings. The molecule has 1 amide bonds. The second-order valence-electron chi connectivity index (χ2n) is 6.45. The number of rotatable bonds is 8. The van der Waals surface area contributed by atoms with Gasteiger partial charge in [0, 0.05) is 30.5 Å². The molecule has 2 aromatic carbocycles. The summed E-state index contributed by atoms with van der Waals surface area (Å²) in [5.41, 5.74) is 15.3. The van der Waals surface area contributed by atoms with Gasteiger partial charge in [-0.3, -0.25) is 4.79 Å². The third-order valence-corrected chi connectivity index (χ3v) is 4.30. The Morgan fingerprint density at radius 2 is 1.71 bits per heavy atom. The standard InChI is InChI=1S/C21H24N6O/c22-20-17(14-26-21(23)27-20)13-25-18-8-6-15(7-9-18)10-11-24-19(28)12-16-4-2-1-3-5-16/h1-9,14,25H,10-13H2,(H,24,28)(H4,22,23,26,27). The van der Waals surface area contributed by atoms with Crippen LogP contribution in [-0.4, -0.2) is 22.4 Å². The van der Waals surface area contributed by atoms with E-state index >= 15 is 0 Å². The molecule has 1 aromatic heterocycles. The fourth-order valence-corrected chi connectivity index (χ4v) is 2.75. The summed E-state index contributed by atoms with van der Waals surface area (Å²) in [6, 6.07) is 17.8. The number of carbonyl (C=O) groups is 1. The van der Waals surface area contributed by atoms with Gasteiger partial charge in [0.05, 0.1) is 6.42 Å². The number of nitrogen functional groups attached to an aromatic ring is 2. The molecule has 28 heavy (non-hydrogen) atoms. The molecule has 0 fully saturated rings. The van der Waals surface area contributed by atoms with Gasteiger partial charge in [0.2, 0.25) is 11.9 Å². The summed E-state index contributed by atoms with van der Waals surface area (Å²) in [6.07, 6.45) is 2.80. The molecular formula is C21H24N6O. The van der Waals surface area contributed by atoms with Gasteiger partial charge in [0.25, 0.3) is 0 Å². The van der Waals surface area contributed by atoms with Crippen molar-refractivity contribution in [3.63, 3.8) is 0 Å². The fourth-order valence-electron chi connectivity index (χ4n) is 2.75. The third-order valence-electron chi connectivity index (χ3n) is 4.30. The molecule has 0 spiro atoms. The molecule has 0 radical (unpaired) electrons. The number of hydrogen-bond donors (Lipinski definition) is 4. The first kappa shape index (κ1) is 19.2. The SMILES string of the molecule is Nc1ncc(CNc2ccc(CCNC(=O)Cc3ccccc3)cc2)c(N)n1. The lowest BCUT2D eigenvalue weighted by Gasteiger charge is -2.10. The Morgan fingerprint density at radius 3 is 2.43 bits per heavy atom. The molecule has 0 unspecified atom stereocenters. The van der Waals surface area contributed by atoms with E-state index in [0.717, 1.165) is 28.8 Å². The van der Waals surface area contributed by atoms with E-state index < -0.39 is 0 Å². The topological polar surface area (TPSA) is 119 Å². The molecule has 0 saturated heterocycles. The molecule has 0 bridgehead atoms. The highest BCUT2D eigenvalue weighted by atomic mass is 16.1. The van der Waals surface area contributed by atoms with Crippen LogP contribution < -0.4 is 22.1 Å². The summed E-state index contributed by atoms with van der Waals surface area (Å²) in [5.74, 6) is 0.581. The number of aromatic nitrogens is 2. The summed E-state index contributed by atoms with van der Waals surface area (Å²) in [7, 11) is 0. The van der Waals surface area contributed by atoms with Crippen LogP contribution >= 0.6 is 0 Å². The van der Waals surface area contributed by atoms with Crippen molar-refractivity contribution in [2.24, 2.45) is 0 Å². The highest BCUT2D eigenvalue weighted by Crippen LogP contribution is 2.14. The summed E-state index contributed by atoms with van der Waals surface area (Å²) in [6.45, 7) is 1.12. The molecule has 0 aliphatic rings. The molecular weight excluding hydrogens is 352 g/mol. The highest BCUT2D eigenvalue weighted by Gasteiger charge is 2.04. The molecule has 3 rings (SSSR count). The Bertz CT molecular complexity index is 912. The zero-order valence-electron chi connectivity index (χ0n) is 15.6. The van der Waals surface area contributed by atoms with Crippen molar-refractivity contribution in [3.05, 3.63) is 77.5 Å². The molecule has 0 atom stereocenters. The van der Waals surface area contributed by atoms with Crippen molar-refractivity contribution in [1.29, 1.82) is 0 Å². The number of amides is 1. The van der Waals surface area contributed by atoms with E-state index in [4.69, 9.17) is 11.5 Å². The summed E-state index contributed by atoms with van der Waals surface area (Å²) in [4.78, 5) is 19.9. The van der Waals surface area contributed by atoms with Gasteiger partial charge in [-0.1, -0.05) is 42.5 Å². The van der Waals surface area contributed by atoms with Crippen LogP contribution in [0.1, 0.15) is 16.7 Å². The lowest BCUT2D eigenvalue weighted by atomic mass is 10.1. The van der Waals surface area contributed by atoms with Gasteiger partial charge in [0.15, 0.2) is 0 Å². The molecule has 0 saturated carbocycles. The van der Waals surface area contributed by atoms with Gasteiger partial charge in [-0.2, -0.15) is 4.98 Å². The largest absolute Gasteiger partial charge is 0.383 e. The molecule has 6 N–H and O–H groups in total. The van der Waals surface area contributed by atoms with Crippen LogP contribution in [0.15, 0.2) is 60.8 Å². The lowest BCUT2D eigenvalue weighted by Crippen LogP contribution is -2.27. The predicted octanol–water partition coefficient (Wildman–Crippen LogP) is 2.15. The molecule has 7 nitrogen and oxygen atoms in total. The quantitative estimate of drug-likeness (QED) is 0.478. The van der Waals surface area contributed by atoms with E-state index in [1.165, 1.54) is 0 Å². The monoisotopic (exact) mass is 376 g/mol. The summed E-state index contributed by atoms with van der Waals surface area (Å²) in [5, 5.41) is 6.24. The zero-order valence-corrected chi connectivity index (χ0v) is 15.6.